The van der Waals surface area contributed by atoms with Crippen molar-refractivity contribution in [1.29, 1.82) is 0 Å². The second-order valence-electron chi connectivity index (χ2n) is 7.48. The largest absolute Gasteiger partial charge is 0.489 e. The highest BCUT2D eigenvalue weighted by atomic mass is 35.5. The van der Waals surface area contributed by atoms with Gasteiger partial charge in [-0.2, -0.15) is 0 Å². The van der Waals surface area contributed by atoms with Crippen molar-refractivity contribution >= 4 is 29.2 Å². The van der Waals surface area contributed by atoms with Gasteiger partial charge in [0.2, 0.25) is 0 Å². The summed E-state index contributed by atoms with van der Waals surface area (Å²) in [5.41, 5.74) is 0.111. The van der Waals surface area contributed by atoms with Crippen LogP contribution in [0.2, 0.25) is 5.02 Å². The summed E-state index contributed by atoms with van der Waals surface area (Å²) in [6.45, 7) is 4.40. The number of nitrogens with zero attached hydrogens (tertiary/aromatic N) is 5. The molecule has 1 amide bonds. The number of halogens is 1. The molecule has 0 spiro atoms. The molecular weight excluding hydrogens is 418 g/mol. The van der Waals surface area contributed by atoms with E-state index in [4.69, 9.17) is 26.2 Å². The van der Waals surface area contributed by atoms with Gasteiger partial charge >= 0.3 is 17.9 Å². The minimum Gasteiger partial charge on any atom is -0.489 e. The third kappa shape index (κ3) is 3.92. The highest BCUT2D eigenvalue weighted by Gasteiger charge is 2.41. The summed E-state index contributed by atoms with van der Waals surface area (Å²) >= 11 is 6.43. The number of ether oxygens (including phenoxy) is 2. The van der Waals surface area contributed by atoms with Crippen LogP contribution in [0.5, 0.6) is 11.8 Å². The molecule has 12 heteroatoms. The van der Waals surface area contributed by atoms with E-state index in [0.717, 1.165) is 5.69 Å². The molecule has 0 bridgehead atoms. The second-order valence-corrected chi connectivity index (χ2v) is 7.88. The summed E-state index contributed by atoms with van der Waals surface area (Å²) in [5.74, 6) is 0.313. The molecule has 1 aromatic heterocycles. The number of carboxylic acid groups (broad SMARTS) is 1. The molecule has 2 aliphatic rings. The number of fused-ring (bicyclic) bond motifs is 1. The van der Waals surface area contributed by atoms with Crippen molar-refractivity contribution in [3.8, 4) is 11.8 Å². The number of aromatic nitrogens is 2. The zero-order chi connectivity index (χ0) is 21.5. The van der Waals surface area contributed by atoms with Crippen molar-refractivity contribution in [2.75, 3.05) is 37.7 Å². The van der Waals surface area contributed by atoms with E-state index in [-0.39, 0.29) is 18.4 Å². The van der Waals surface area contributed by atoms with Crippen molar-refractivity contribution in [1.82, 2.24) is 14.5 Å². The van der Waals surface area contributed by atoms with Gasteiger partial charge in [-0.25, -0.2) is 4.79 Å². The summed E-state index contributed by atoms with van der Waals surface area (Å²) in [5, 5.41) is 20.4. The van der Waals surface area contributed by atoms with Crippen molar-refractivity contribution < 1.29 is 24.3 Å². The SMILES string of the molecule is CC1(COc2ccc(N3CCN(C(=O)O)CC3)c(Cl)c2)Cn2cc([N+](=O)[O-])nc2O1. The summed E-state index contributed by atoms with van der Waals surface area (Å²) in [6, 6.07) is 5.55. The van der Waals surface area contributed by atoms with Gasteiger partial charge in [-0.1, -0.05) is 11.6 Å². The molecule has 0 radical (unpaired) electrons. The Morgan fingerprint density at radius 2 is 2.13 bits per heavy atom. The van der Waals surface area contributed by atoms with E-state index in [0.29, 0.717) is 43.5 Å². The minimum absolute atomic E-state index is 0.196. The second kappa shape index (κ2) is 7.56. The Kier molecular flexibility index (Phi) is 5.06. The molecule has 30 heavy (non-hydrogen) atoms. The Morgan fingerprint density at radius 1 is 1.40 bits per heavy atom. The van der Waals surface area contributed by atoms with Gasteiger partial charge < -0.3 is 34.5 Å². The minimum atomic E-state index is -0.913. The van der Waals surface area contributed by atoms with E-state index < -0.39 is 16.6 Å². The number of benzene rings is 1. The molecule has 1 N–H and O–H groups in total. The van der Waals surface area contributed by atoms with E-state index in [9.17, 15) is 14.9 Å². The van der Waals surface area contributed by atoms with Gasteiger partial charge in [0.25, 0.3) is 0 Å². The van der Waals surface area contributed by atoms with E-state index >= 15 is 0 Å². The molecule has 3 heterocycles. The van der Waals surface area contributed by atoms with Crippen LogP contribution in [0, 0.1) is 10.1 Å². The molecular formula is C18H20ClN5O6. The topological polar surface area (TPSA) is 123 Å². The number of hydrogen-bond acceptors (Lipinski definition) is 7. The smallest absolute Gasteiger partial charge is 0.415 e. The molecule has 0 saturated carbocycles. The first-order valence-corrected chi connectivity index (χ1v) is 9.68. The van der Waals surface area contributed by atoms with Gasteiger partial charge in [-0.15, -0.1) is 0 Å². The molecule has 2 aromatic rings. The monoisotopic (exact) mass is 437 g/mol. The average molecular weight is 438 g/mol. The van der Waals surface area contributed by atoms with Gasteiger partial charge in [0.1, 0.15) is 18.6 Å². The molecule has 2 aliphatic heterocycles. The predicted molar refractivity (Wildman–Crippen MR) is 107 cm³/mol. The molecule has 1 saturated heterocycles. The fourth-order valence-corrected chi connectivity index (χ4v) is 3.86. The molecule has 4 rings (SSSR count). The molecule has 0 aliphatic carbocycles. The lowest BCUT2D eigenvalue weighted by atomic mass is 10.1. The fourth-order valence-electron chi connectivity index (χ4n) is 3.56. The fraction of sp³-hybridized carbons (Fsp3) is 0.444. The number of imidazole rings is 1. The summed E-state index contributed by atoms with van der Waals surface area (Å²) in [4.78, 5) is 28.6. The highest BCUT2D eigenvalue weighted by Crippen LogP contribution is 2.33. The van der Waals surface area contributed by atoms with Crippen LogP contribution in [0.3, 0.4) is 0 Å². The first-order chi connectivity index (χ1) is 14.2. The Labute approximate surface area is 176 Å². The maximum absolute atomic E-state index is 11.0. The zero-order valence-electron chi connectivity index (χ0n) is 16.2. The number of hydrogen-bond donors (Lipinski definition) is 1. The summed E-state index contributed by atoms with van der Waals surface area (Å²) in [6.07, 6.45) is 0.430. The van der Waals surface area contributed by atoms with E-state index in [2.05, 4.69) is 4.98 Å². The van der Waals surface area contributed by atoms with E-state index in [1.807, 2.05) is 17.9 Å². The van der Waals surface area contributed by atoms with Crippen LogP contribution in [0.1, 0.15) is 6.92 Å². The summed E-state index contributed by atoms with van der Waals surface area (Å²) < 4.78 is 13.2. The van der Waals surface area contributed by atoms with Crippen molar-refractivity contribution in [2.45, 2.75) is 19.1 Å². The molecule has 1 atom stereocenters. The lowest BCUT2D eigenvalue weighted by Gasteiger charge is -2.35. The van der Waals surface area contributed by atoms with Crippen LogP contribution < -0.4 is 14.4 Å². The first-order valence-electron chi connectivity index (χ1n) is 9.30. The molecule has 11 nitrogen and oxygen atoms in total. The first kappa shape index (κ1) is 20.1. The quantitative estimate of drug-likeness (QED) is 0.559. The van der Waals surface area contributed by atoms with Crippen molar-refractivity contribution in [2.24, 2.45) is 0 Å². The molecule has 1 fully saturated rings. The average Bonchev–Trinajstić information content (AvgIpc) is 3.22. The van der Waals surface area contributed by atoms with Crippen LogP contribution in [0.15, 0.2) is 24.4 Å². The third-order valence-electron chi connectivity index (χ3n) is 5.11. The molecule has 1 aromatic carbocycles. The maximum Gasteiger partial charge on any atom is 0.415 e. The zero-order valence-corrected chi connectivity index (χ0v) is 16.9. The van der Waals surface area contributed by atoms with Gasteiger partial charge in [0.15, 0.2) is 5.60 Å². The van der Waals surface area contributed by atoms with Crippen LogP contribution in [0.4, 0.5) is 16.3 Å². The Bertz CT molecular complexity index is 964. The van der Waals surface area contributed by atoms with Crippen LogP contribution in [-0.4, -0.2) is 69.0 Å². The van der Waals surface area contributed by atoms with E-state index in [1.165, 1.54) is 11.1 Å². The normalized spacial score (nSPS) is 20.6. The van der Waals surface area contributed by atoms with Crippen LogP contribution >= 0.6 is 11.6 Å². The van der Waals surface area contributed by atoms with Crippen LogP contribution in [-0.2, 0) is 6.54 Å². The summed E-state index contributed by atoms with van der Waals surface area (Å²) in [7, 11) is 0. The van der Waals surface area contributed by atoms with Crippen molar-refractivity contribution in [3.05, 3.63) is 39.5 Å². The number of piperazine rings is 1. The number of rotatable bonds is 5. The lowest BCUT2D eigenvalue weighted by molar-refractivity contribution is -0.389. The van der Waals surface area contributed by atoms with Crippen LogP contribution in [0.25, 0.3) is 0 Å². The Hall–Kier alpha value is -3.21. The predicted octanol–water partition coefficient (Wildman–Crippen LogP) is 2.47. The molecule has 160 valence electrons. The van der Waals surface area contributed by atoms with Crippen molar-refractivity contribution in [3.63, 3.8) is 0 Å². The maximum atomic E-state index is 11.0. The van der Waals surface area contributed by atoms with Gasteiger partial charge in [-0.3, -0.25) is 4.57 Å². The number of nitro groups is 1. The molecule has 1 unspecified atom stereocenters. The standard InChI is InChI=1S/C18H20ClN5O6/c1-18(10-23-9-15(24(27)28)20-16(23)30-18)11-29-12-2-3-14(13(19)8-12)21-4-6-22(7-5-21)17(25)26/h2-3,8-9H,4-7,10-11H2,1H3,(H,25,26). The third-order valence-corrected chi connectivity index (χ3v) is 5.41. The van der Waals surface area contributed by atoms with Gasteiger partial charge in [0.05, 0.1) is 17.3 Å². The number of carbonyl (C=O) groups is 1. The van der Waals surface area contributed by atoms with Gasteiger partial charge in [0, 0.05) is 37.2 Å². The number of amides is 1. The Morgan fingerprint density at radius 3 is 2.73 bits per heavy atom. The number of anilines is 1. The Balaban J connectivity index is 1.36. The lowest BCUT2D eigenvalue weighted by Crippen LogP contribution is -2.48. The van der Waals surface area contributed by atoms with E-state index in [1.54, 1.807) is 16.7 Å². The van der Waals surface area contributed by atoms with Gasteiger partial charge in [-0.05, 0) is 24.0 Å². The highest BCUT2D eigenvalue weighted by molar-refractivity contribution is 6.33.